The molecule has 0 heterocycles. The SMILES string of the molecule is CN[C@@H](CCCl)Cc1ccccc1. The molecule has 1 rings (SSSR count). The van der Waals surface area contributed by atoms with Crippen molar-refractivity contribution in [1.29, 1.82) is 0 Å². The van der Waals surface area contributed by atoms with Gasteiger partial charge in [-0.25, -0.2) is 0 Å². The summed E-state index contributed by atoms with van der Waals surface area (Å²) in [5, 5.41) is 3.27. The number of hydrogen-bond acceptors (Lipinski definition) is 1. The molecule has 72 valence electrons. The van der Waals surface area contributed by atoms with Gasteiger partial charge in [-0.3, -0.25) is 0 Å². The van der Waals surface area contributed by atoms with E-state index >= 15 is 0 Å². The highest BCUT2D eigenvalue weighted by Crippen LogP contribution is 2.05. The third kappa shape index (κ3) is 3.79. The van der Waals surface area contributed by atoms with Gasteiger partial charge < -0.3 is 5.32 Å². The van der Waals surface area contributed by atoms with E-state index in [4.69, 9.17) is 11.6 Å². The van der Waals surface area contributed by atoms with Crippen molar-refractivity contribution in [1.82, 2.24) is 5.32 Å². The predicted molar refractivity (Wildman–Crippen MR) is 58.3 cm³/mol. The maximum atomic E-state index is 5.70. The van der Waals surface area contributed by atoms with Crippen LogP contribution in [0.3, 0.4) is 0 Å². The summed E-state index contributed by atoms with van der Waals surface area (Å²) in [5.41, 5.74) is 1.37. The van der Waals surface area contributed by atoms with E-state index in [0.29, 0.717) is 6.04 Å². The Kier molecular flexibility index (Phi) is 4.87. The quantitative estimate of drug-likeness (QED) is 0.716. The Morgan fingerprint density at radius 2 is 2.00 bits per heavy atom. The van der Waals surface area contributed by atoms with E-state index in [0.717, 1.165) is 18.7 Å². The lowest BCUT2D eigenvalue weighted by Gasteiger charge is -2.14. The molecule has 0 saturated carbocycles. The first kappa shape index (κ1) is 10.6. The van der Waals surface area contributed by atoms with Gasteiger partial charge in [0.2, 0.25) is 0 Å². The van der Waals surface area contributed by atoms with Crippen LogP contribution in [0.1, 0.15) is 12.0 Å². The van der Waals surface area contributed by atoms with Crippen molar-refractivity contribution >= 4 is 11.6 Å². The van der Waals surface area contributed by atoms with Crippen LogP contribution in [0.25, 0.3) is 0 Å². The smallest absolute Gasteiger partial charge is 0.0238 e. The third-order valence-electron chi connectivity index (χ3n) is 2.19. The van der Waals surface area contributed by atoms with E-state index < -0.39 is 0 Å². The Bertz CT molecular complexity index is 223. The van der Waals surface area contributed by atoms with Crippen LogP contribution in [-0.4, -0.2) is 19.0 Å². The highest BCUT2D eigenvalue weighted by molar-refractivity contribution is 6.17. The Balaban J connectivity index is 2.46. The van der Waals surface area contributed by atoms with Crippen LogP contribution < -0.4 is 5.32 Å². The fourth-order valence-corrected chi connectivity index (χ4v) is 1.64. The van der Waals surface area contributed by atoms with E-state index in [9.17, 15) is 0 Å². The molecule has 0 aliphatic heterocycles. The minimum atomic E-state index is 0.500. The van der Waals surface area contributed by atoms with E-state index in [1.54, 1.807) is 0 Å². The summed E-state index contributed by atoms with van der Waals surface area (Å²) < 4.78 is 0. The van der Waals surface area contributed by atoms with Crippen molar-refractivity contribution in [3.63, 3.8) is 0 Å². The summed E-state index contributed by atoms with van der Waals surface area (Å²) in [5.74, 6) is 0.721. The van der Waals surface area contributed by atoms with Crippen molar-refractivity contribution in [3.05, 3.63) is 35.9 Å². The van der Waals surface area contributed by atoms with Gasteiger partial charge in [0.05, 0.1) is 0 Å². The van der Waals surface area contributed by atoms with Crippen LogP contribution in [0, 0.1) is 0 Å². The molecule has 1 atom stereocenters. The molecule has 1 N–H and O–H groups in total. The minimum Gasteiger partial charge on any atom is -0.317 e. The summed E-state index contributed by atoms with van der Waals surface area (Å²) >= 11 is 5.70. The average molecular weight is 198 g/mol. The minimum absolute atomic E-state index is 0.500. The standard InChI is InChI=1S/C11H16ClN/c1-13-11(7-8-12)9-10-5-3-2-4-6-10/h2-6,11,13H,7-9H2,1H3/t11-/m0/s1. The van der Waals surface area contributed by atoms with Crippen molar-refractivity contribution in [3.8, 4) is 0 Å². The molecule has 0 aliphatic rings. The molecule has 0 aromatic heterocycles. The van der Waals surface area contributed by atoms with Crippen LogP contribution in [0.4, 0.5) is 0 Å². The fourth-order valence-electron chi connectivity index (χ4n) is 1.38. The molecule has 1 nitrogen and oxygen atoms in total. The van der Waals surface area contributed by atoms with Gasteiger partial charge in [-0.15, -0.1) is 11.6 Å². The second kappa shape index (κ2) is 6.01. The number of nitrogens with one attached hydrogen (secondary N) is 1. The first-order valence-corrected chi connectivity index (χ1v) is 5.17. The number of likely N-dealkylation sites (N-methyl/N-ethyl adjacent to an activating group) is 1. The lowest BCUT2D eigenvalue weighted by molar-refractivity contribution is 0.546. The first-order valence-electron chi connectivity index (χ1n) is 4.64. The second-order valence-electron chi connectivity index (χ2n) is 3.15. The molecule has 0 bridgehead atoms. The zero-order chi connectivity index (χ0) is 9.52. The van der Waals surface area contributed by atoms with Gasteiger partial charge in [-0.05, 0) is 25.5 Å². The number of rotatable bonds is 5. The van der Waals surface area contributed by atoms with Gasteiger partial charge in [-0.2, -0.15) is 0 Å². The van der Waals surface area contributed by atoms with Gasteiger partial charge >= 0.3 is 0 Å². The number of hydrogen-bond donors (Lipinski definition) is 1. The van der Waals surface area contributed by atoms with E-state index in [2.05, 4.69) is 29.6 Å². The van der Waals surface area contributed by atoms with Gasteiger partial charge in [0.25, 0.3) is 0 Å². The summed E-state index contributed by atoms with van der Waals surface area (Å²) in [4.78, 5) is 0. The van der Waals surface area contributed by atoms with Crippen molar-refractivity contribution < 1.29 is 0 Å². The largest absolute Gasteiger partial charge is 0.317 e. The molecular formula is C11H16ClN. The van der Waals surface area contributed by atoms with Gasteiger partial charge in [0.1, 0.15) is 0 Å². The summed E-state index contributed by atoms with van der Waals surface area (Å²) in [6.07, 6.45) is 2.08. The van der Waals surface area contributed by atoms with E-state index in [1.807, 2.05) is 13.1 Å². The van der Waals surface area contributed by atoms with Gasteiger partial charge in [-0.1, -0.05) is 30.3 Å². The van der Waals surface area contributed by atoms with Crippen molar-refractivity contribution in [2.75, 3.05) is 12.9 Å². The Hall–Kier alpha value is -0.530. The molecule has 0 aliphatic carbocycles. The normalized spacial score (nSPS) is 12.8. The first-order chi connectivity index (χ1) is 6.36. The Morgan fingerprint density at radius 3 is 2.54 bits per heavy atom. The molecule has 0 fully saturated rings. The lowest BCUT2D eigenvalue weighted by Crippen LogP contribution is -2.27. The van der Waals surface area contributed by atoms with Gasteiger partial charge in [0, 0.05) is 11.9 Å². The highest BCUT2D eigenvalue weighted by Gasteiger charge is 2.05. The van der Waals surface area contributed by atoms with E-state index in [1.165, 1.54) is 5.56 Å². The fraction of sp³-hybridized carbons (Fsp3) is 0.455. The van der Waals surface area contributed by atoms with Crippen LogP contribution in [0.15, 0.2) is 30.3 Å². The maximum Gasteiger partial charge on any atom is 0.0238 e. The molecule has 0 saturated heterocycles. The van der Waals surface area contributed by atoms with Crippen LogP contribution in [0.5, 0.6) is 0 Å². The zero-order valence-electron chi connectivity index (χ0n) is 7.96. The molecule has 0 spiro atoms. The second-order valence-corrected chi connectivity index (χ2v) is 3.53. The molecule has 1 aromatic rings. The molecule has 13 heavy (non-hydrogen) atoms. The monoisotopic (exact) mass is 197 g/mol. The van der Waals surface area contributed by atoms with Gasteiger partial charge in [0.15, 0.2) is 0 Å². The highest BCUT2D eigenvalue weighted by atomic mass is 35.5. The van der Waals surface area contributed by atoms with Crippen LogP contribution in [0.2, 0.25) is 0 Å². The molecule has 0 unspecified atom stereocenters. The topological polar surface area (TPSA) is 12.0 Å². The summed E-state index contributed by atoms with van der Waals surface area (Å²) in [6, 6.07) is 11.0. The third-order valence-corrected chi connectivity index (χ3v) is 2.41. The summed E-state index contributed by atoms with van der Waals surface area (Å²) in [6.45, 7) is 0. The number of benzene rings is 1. The molecular weight excluding hydrogens is 182 g/mol. The maximum absolute atomic E-state index is 5.70. The molecule has 2 heteroatoms. The zero-order valence-corrected chi connectivity index (χ0v) is 8.72. The van der Waals surface area contributed by atoms with Crippen LogP contribution >= 0.6 is 11.6 Å². The Morgan fingerprint density at radius 1 is 1.31 bits per heavy atom. The van der Waals surface area contributed by atoms with Crippen molar-refractivity contribution in [2.45, 2.75) is 18.9 Å². The predicted octanol–water partition coefficient (Wildman–Crippen LogP) is 2.45. The Labute approximate surface area is 85.1 Å². The number of alkyl halides is 1. The molecule has 1 aromatic carbocycles. The number of halogens is 1. The van der Waals surface area contributed by atoms with Crippen LogP contribution in [-0.2, 0) is 6.42 Å². The summed E-state index contributed by atoms with van der Waals surface area (Å²) in [7, 11) is 1.99. The van der Waals surface area contributed by atoms with E-state index in [-0.39, 0.29) is 0 Å². The average Bonchev–Trinajstić information content (AvgIpc) is 2.19. The lowest BCUT2D eigenvalue weighted by atomic mass is 10.0. The molecule has 0 radical (unpaired) electrons. The van der Waals surface area contributed by atoms with Crippen molar-refractivity contribution in [2.24, 2.45) is 0 Å². The molecule has 0 amide bonds.